The van der Waals surface area contributed by atoms with Crippen molar-refractivity contribution in [2.75, 3.05) is 0 Å². The van der Waals surface area contributed by atoms with E-state index in [2.05, 4.69) is 15.9 Å². The second-order valence-corrected chi connectivity index (χ2v) is 4.58. The Morgan fingerprint density at radius 2 is 2.24 bits per heavy atom. The second kappa shape index (κ2) is 6.21. The Hall–Kier alpha value is -1.60. The van der Waals surface area contributed by atoms with E-state index in [1.165, 1.54) is 6.08 Å². The summed E-state index contributed by atoms with van der Waals surface area (Å²) in [5, 5.41) is 9.01. The van der Waals surface area contributed by atoms with Gasteiger partial charge in [0.1, 0.15) is 6.07 Å². The number of carbonyl (C=O) groups is 1. The molecular weight excluding hydrogens is 282 g/mol. The first kappa shape index (κ1) is 13.5. The van der Waals surface area contributed by atoms with Gasteiger partial charge in [0.2, 0.25) is 0 Å². The molecule has 3 nitrogen and oxygen atoms in total. The molecule has 1 rings (SSSR count). The van der Waals surface area contributed by atoms with Crippen molar-refractivity contribution < 1.29 is 9.53 Å². The summed E-state index contributed by atoms with van der Waals surface area (Å²) < 4.78 is 5.81. The number of nitriles is 1. The minimum atomic E-state index is -0.503. The highest BCUT2D eigenvalue weighted by Crippen LogP contribution is 2.18. The molecule has 0 fully saturated rings. The normalized spacial score (nSPS) is 11.1. The fourth-order valence-corrected chi connectivity index (χ4v) is 1.62. The van der Waals surface area contributed by atoms with Gasteiger partial charge < -0.3 is 4.74 Å². The van der Waals surface area contributed by atoms with Crippen LogP contribution in [0.5, 0.6) is 0 Å². The molecule has 4 heteroatoms. The first-order valence-corrected chi connectivity index (χ1v) is 5.90. The molecule has 0 unspecified atom stereocenters. The van der Waals surface area contributed by atoms with Gasteiger partial charge in [0.05, 0.1) is 11.7 Å². The molecule has 0 spiro atoms. The van der Waals surface area contributed by atoms with Gasteiger partial charge in [-0.3, -0.25) is 0 Å². The van der Waals surface area contributed by atoms with Gasteiger partial charge in [0.15, 0.2) is 0 Å². The van der Waals surface area contributed by atoms with Crippen LogP contribution in [0.25, 0.3) is 5.57 Å². The topological polar surface area (TPSA) is 50.1 Å². The SMILES string of the molecule is CC(C)OC(=O)C=C(C#N)c1cccc(Br)c1. The average molecular weight is 294 g/mol. The number of ether oxygens (including phenoxy) is 1. The molecule has 0 bridgehead atoms. The molecule has 0 N–H and O–H groups in total. The maximum Gasteiger partial charge on any atom is 0.332 e. The lowest BCUT2D eigenvalue weighted by Gasteiger charge is -2.05. The van der Waals surface area contributed by atoms with Gasteiger partial charge in [-0.2, -0.15) is 5.26 Å². The maximum absolute atomic E-state index is 11.4. The Bertz CT molecular complexity index is 486. The van der Waals surface area contributed by atoms with Crippen molar-refractivity contribution in [3.05, 3.63) is 40.4 Å². The molecule has 88 valence electrons. The van der Waals surface area contributed by atoms with Crippen molar-refractivity contribution in [2.24, 2.45) is 0 Å². The smallest absolute Gasteiger partial charge is 0.332 e. The van der Waals surface area contributed by atoms with Crippen LogP contribution in [-0.4, -0.2) is 12.1 Å². The molecule has 1 aromatic carbocycles. The van der Waals surface area contributed by atoms with Crippen molar-refractivity contribution in [3.8, 4) is 6.07 Å². The number of hydrogen-bond donors (Lipinski definition) is 0. The number of carbonyl (C=O) groups excluding carboxylic acids is 1. The van der Waals surface area contributed by atoms with E-state index in [4.69, 9.17) is 10.00 Å². The highest BCUT2D eigenvalue weighted by molar-refractivity contribution is 9.10. The van der Waals surface area contributed by atoms with Crippen molar-refractivity contribution >= 4 is 27.5 Å². The van der Waals surface area contributed by atoms with Crippen molar-refractivity contribution in [1.29, 1.82) is 5.26 Å². The largest absolute Gasteiger partial charge is 0.460 e. The standard InChI is InChI=1S/C13H12BrNO2/c1-9(2)17-13(16)7-11(8-15)10-4-3-5-12(14)6-10/h3-7,9H,1-2H3. The van der Waals surface area contributed by atoms with E-state index < -0.39 is 5.97 Å². The summed E-state index contributed by atoms with van der Waals surface area (Å²) in [6.45, 7) is 3.52. The number of nitrogens with zero attached hydrogens (tertiary/aromatic N) is 1. The summed E-state index contributed by atoms with van der Waals surface area (Å²) in [5.41, 5.74) is 0.972. The lowest BCUT2D eigenvalue weighted by molar-refractivity contribution is -0.141. The highest BCUT2D eigenvalue weighted by atomic mass is 79.9. The summed E-state index contributed by atoms with van der Waals surface area (Å²) in [6, 6.07) is 9.19. The van der Waals surface area contributed by atoms with E-state index in [0.29, 0.717) is 5.56 Å². The number of rotatable bonds is 3. The minimum absolute atomic E-state index is 0.193. The van der Waals surface area contributed by atoms with Gasteiger partial charge in [-0.05, 0) is 31.5 Å². The third-order valence-electron chi connectivity index (χ3n) is 1.87. The fourth-order valence-electron chi connectivity index (χ4n) is 1.22. The first-order valence-electron chi connectivity index (χ1n) is 5.11. The highest BCUT2D eigenvalue weighted by Gasteiger charge is 2.07. The van der Waals surface area contributed by atoms with E-state index in [-0.39, 0.29) is 11.7 Å². The number of hydrogen-bond acceptors (Lipinski definition) is 3. The molecule has 1 aromatic rings. The van der Waals surface area contributed by atoms with Crippen molar-refractivity contribution in [2.45, 2.75) is 20.0 Å². The quantitative estimate of drug-likeness (QED) is 0.488. The molecule has 0 amide bonds. The molecule has 0 radical (unpaired) electrons. The summed E-state index contributed by atoms with van der Waals surface area (Å²) in [5.74, 6) is -0.503. The van der Waals surface area contributed by atoms with E-state index in [1.54, 1.807) is 32.0 Å². The van der Waals surface area contributed by atoms with E-state index in [1.807, 2.05) is 12.1 Å². The zero-order valence-electron chi connectivity index (χ0n) is 9.61. The lowest BCUT2D eigenvalue weighted by atomic mass is 10.1. The molecular formula is C13H12BrNO2. The third-order valence-corrected chi connectivity index (χ3v) is 2.36. The monoisotopic (exact) mass is 293 g/mol. The van der Waals surface area contributed by atoms with Crippen LogP contribution in [0.15, 0.2) is 34.8 Å². The van der Waals surface area contributed by atoms with Crippen molar-refractivity contribution in [1.82, 2.24) is 0 Å². The molecule has 0 saturated carbocycles. The fraction of sp³-hybridized carbons (Fsp3) is 0.231. The minimum Gasteiger partial charge on any atom is -0.460 e. The Balaban J connectivity index is 2.97. The van der Waals surface area contributed by atoms with Crippen LogP contribution in [0.1, 0.15) is 19.4 Å². The number of allylic oxidation sites excluding steroid dienone is 1. The lowest BCUT2D eigenvalue weighted by Crippen LogP contribution is -2.09. The Morgan fingerprint density at radius 1 is 1.53 bits per heavy atom. The average Bonchev–Trinajstić information content (AvgIpc) is 2.24. The van der Waals surface area contributed by atoms with Crippen LogP contribution >= 0.6 is 15.9 Å². The van der Waals surface area contributed by atoms with E-state index in [0.717, 1.165) is 4.47 Å². The van der Waals surface area contributed by atoms with Crippen LogP contribution in [0.3, 0.4) is 0 Å². The first-order chi connectivity index (χ1) is 8.02. The Labute approximate surface area is 109 Å². The molecule has 0 aromatic heterocycles. The van der Waals surface area contributed by atoms with Gasteiger partial charge in [-0.1, -0.05) is 28.1 Å². The predicted octanol–water partition coefficient (Wildman–Crippen LogP) is 3.31. The molecule has 0 saturated heterocycles. The molecule has 17 heavy (non-hydrogen) atoms. The molecule has 0 heterocycles. The molecule has 0 aliphatic rings. The summed E-state index contributed by atoms with van der Waals surface area (Å²) in [7, 11) is 0. The number of esters is 1. The van der Waals surface area contributed by atoms with Crippen LogP contribution in [-0.2, 0) is 9.53 Å². The Morgan fingerprint density at radius 3 is 2.76 bits per heavy atom. The summed E-state index contributed by atoms with van der Waals surface area (Å²) in [4.78, 5) is 11.4. The van der Waals surface area contributed by atoms with Crippen LogP contribution in [0.2, 0.25) is 0 Å². The molecule has 0 aliphatic carbocycles. The number of benzene rings is 1. The Kier molecular flexibility index (Phi) is 4.92. The van der Waals surface area contributed by atoms with Gasteiger partial charge in [-0.25, -0.2) is 4.79 Å². The van der Waals surface area contributed by atoms with Crippen LogP contribution in [0, 0.1) is 11.3 Å². The van der Waals surface area contributed by atoms with E-state index >= 15 is 0 Å². The van der Waals surface area contributed by atoms with Gasteiger partial charge in [0.25, 0.3) is 0 Å². The van der Waals surface area contributed by atoms with Gasteiger partial charge in [0, 0.05) is 10.5 Å². The molecule has 0 atom stereocenters. The van der Waals surface area contributed by atoms with Crippen LogP contribution < -0.4 is 0 Å². The zero-order valence-corrected chi connectivity index (χ0v) is 11.2. The maximum atomic E-state index is 11.4. The third kappa shape index (κ3) is 4.41. The number of halogens is 1. The van der Waals surface area contributed by atoms with Crippen LogP contribution in [0.4, 0.5) is 0 Å². The summed E-state index contributed by atoms with van der Waals surface area (Å²) in [6.07, 6.45) is 1.02. The van der Waals surface area contributed by atoms with E-state index in [9.17, 15) is 4.79 Å². The second-order valence-electron chi connectivity index (χ2n) is 3.67. The molecule has 0 aliphatic heterocycles. The van der Waals surface area contributed by atoms with Crippen molar-refractivity contribution in [3.63, 3.8) is 0 Å². The van der Waals surface area contributed by atoms with Gasteiger partial charge >= 0.3 is 5.97 Å². The van der Waals surface area contributed by atoms with Gasteiger partial charge in [-0.15, -0.1) is 0 Å². The summed E-state index contributed by atoms with van der Waals surface area (Å²) >= 11 is 3.31. The zero-order chi connectivity index (χ0) is 12.8. The predicted molar refractivity (Wildman–Crippen MR) is 69.0 cm³/mol.